The van der Waals surface area contributed by atoms with E-state index in [9.17, 15) is 0 Å². The van der Waals surface area contributed by atoms with Crippen molar-refractivity contribution in [1.29, 1.82) is 0 Å². The number of hydrogen-bond acceptors (Lipinski definition) is 4. The zero-order valence-corrected chi connectivity index (χ0v) is 50.1. The van der Waals surface area contributed by atoms with E-state index in [1.54, 1.807) is 0 Å². The Kier molecular flexibility index (Phi) is 13.4. The zero-order chi connectivity index (χ0) is 59.6. The van der Waals surface area contributed by atoms with Crippen molar-refractivity contribution >= 4 is 50.2 Å². The van der Waals surface area contributed by atoms with Crippen LogP contribution < -0.4 is 4.90 Å². The summed E-state index contributed by atoms with van der Waals surface area (Å²) in [4.78, 5) is 18.0. The molecule has 88 heavy (non-hydrogen) atoms. The second kappa shape index (κ2) is 22.0. The van der Waals surface area contributed by atoms with Gasteiger partial charge in [-0.05, 0) is 236 Å². The van der Waals surface area contributed by atoms with Gasteiger partial charge in [0.15, 0.2) is 0 Å². The van der Waals surface area contributed by atoms with Gasteiger partial charge in [0.2, 0.25) is 0 Å². The average molecular weight is 1130 g/mol. The highest BCUT2D eigenvalue weighted by Gasteiger charge is 2.23. The molecule has 0 aliphatic rings. The first-order valence-electron chi connectivity index (χ1n) is 30.2. The van der Waals surface area contributed by atoms with Crippen LogP contribution in [0.15, 0.2) is 273 Å². The standard InChI is InChI=1S/C81H63N7/c1-52-46-58(79-82-73-28-16-19-31-76(73)86(79)61-22-10-7-11-23-61)34-40-67(52)70-43-37-64(49-55(70)4)85(65-38-44-71(56(5)50-65)68-41-35-59(47-53(68)2)80-83-74-29-17-20-32-77(74)87(80)62-24-12-8-13-25-62)66-39-45-72(57(6)51-66)69-42-36-60(48-54(69)3)81-84-75-30-18-21-33-78(75)88(81)63-26-14-9-15-27-63/h7-51H,1-6H3. The lowest BCUT2D eigenvalue weighted by Crippen LogP contribution is -2.11. The summed E-state index contributed by atoms with van der Waals surface area (Å²) in [5.74, 6) is 2.77. The van der Waals surface area contributed by atoms with Crippen LogP contribution in [0, 0.1) is 41.5 Å². The molecule has 12 aromatic carbocycles. The molecule has 3 aromatic heterocycles. The lowest BCUT2D eigenvalue weighted by atomic mass is 9.93. The van der Waals surface area contributed by atoms with Crippen LogP contribution in [0.3, 0.4) is 0 Å². The minimum atomic E-state index is 0.924. The maximum Gasteiger partial charge on any atom is 0.145 e. The van der Waals surface area contributed by atoms with Crippen LogP contribution in [0.25, 0.3) is 118 Å². The van der Waals surface area contributed by atoms with Crippen molar-refractivity contribution < 1.29 is 0 Å². The third kappa shape index (κ3) is 9.45. The molecule has 15 aromatic rings. The number of rotatable bonds is 12. The van der Waals surface area contributed by atoms with Crippen LogP contribution in [0.1, 0.15) is 33.4 Å². The molecule has 0 atom stereocenters. The monoisotopic (exact) mass is 1130 g/mol. The van der Waals surface area contributed by atoms with Gasteiger partial charge in [0.05, 0.1) is 33.1 Å². The fourth-order valence-electron chi connectivity index (χ4n) is 13.2. The Balaban J connectivity index is 0.800. The largest absolute Gasteiger partial charge is 0.310 e. The molecule has 0 N–H and O–H groups in total. The van der Waals surface area contributed by atoms with Gasteiger partial charge < -0.3 is 4.90 Å². The van der Waals surface area contributed by atoms with E-state index >= 15 is 0 Å². The Morgan fingerprint density at radius 2 is 0.477 bits per heavy atom. The van der Waals surface area contributed by atoms with E-state index in [1.165, 1.54) is 66.8 Å². The fraction of sp³-hybridized carbons (Fsp3) is 0.0741. The maximum atomic E-state index is 5.19. The second-order valence-corrected chi connectivity index (χ2v) is 23.2. The summed E-state index contributed by atoms with van der Waals surface area (Å²) in [6, 6.07) is 97.9. The molecule has 0 spiro atoms. The van der Waals surface area contributed by atoms with Crippen molar-refractivity contribution in [1.82, 2.24) is 28.7 Å². The third-order valence-corrected chi connectivity index (χ3v) is 17.5. The van der Waals surface area contributed by atoms with Gasteiger partial charge in [-0.1, -0.05) is 146 Å². The van der Waals surface area contributed by atoms with E-state index in [1.807, 2.05) is 0 Å². The molecule has 0 aliphatic carbocycles. The molecule has 422 valence electrons. The molecule has 0 bridgehead atoms. The smallest absolute Gasteiger partial charge is 0.145 e. The maximum absolute atomic E-state index is 5.19. The summed E-state index contributed by atoms with van der Waals surface area (Å²) >= 11 is 0. The second-order valence-electron chi connectivity index (χ2n) is 23.2. The lowest BCUT2D eigenvalue weighted by Gasteiger charge is -2.28. The minimum absolute atomic E-state index is 0.924. The van der Waals surface area contributed by atoms with Gasteiger partial charge in [0, 0.05) is 50.8 Å². The number of nitrogens with zero attached hydrogens (tertiary/aromatic N) is 7. The zero-order valence-electron chi connectivity index (χ0n) is 50.1. The predicted molar refractivity (Wildman–Crippen MR) is 366 cm³/mol. The number of aromatic nitrogens is 6. The highest BCUT2D eigenvalue weighted by atomic mass is 15.1. The Morgan fingerprint density at radius 3 is 0.739 bits per heavy atom. The van der Waals surface area contributed by atoms with Crippen molar-refractivity contribution in [2.45, 2.75) is 41.5 Å². The SMILES string of the molecule is Cc1cc(-c2nc3ccccc3n2-c2ccccc2)ccc1-c1ccc(N(c2ccc(-c3ccc(-c4nc5ccccc5n4-c4ccccc4)cc3C)c(C)c2)c2ccc(-c3ccc(-c4nc5ccccc5n4-c4ccccc4)cc3C)c(C)c2)cc1C. The predicted octanol–water partition coefficient (Wildman–Crippen LogP) is 21.0. The summed E-state index contributed by atoms with van der Waals surface area (Å²) in [6.45, 7) is 13.4. The first-order chi connectivity index (χ1) is 43.1. The number of imidazole rings is 3. The average Bonchev–Trinajstić information content (AvgIpc) is 2.30. The van der Waals surface area contributed by atoms with E-state index in [2.05, 4.69) is 333 Å². The minimum Gasteiger partial charge on any atom is -0.310 e. The van der Waals surface area contributed by atoms with Gasteiger partial charge >= 0.3 is 0 Å². The van der Waals surface area contributed by atoms with E-state index in [0.29, 0.717) is 0 Å². The van der Waals surface area contributed by atoms with Crippen molar-refractivity contribution in [3.63, 3.8) is 0 Å². The van der Waals surface area contributed by atoms with Gasteiger partial charge in [-0.3, -0.25) is 13.7 Å². The summed E-state index contributed by atoms with van der Waals surface area (Å²) in [6.07, 6.45) is 0. The van der Waals surface area contributed by atoms with E-state index < -0.39 is 0 Å². The Morgan fingerprint density at radius 1 is 0.239 bits per heavy atom. The number of hydrogen-bond donors (Lipinski definition) is 0. The third-order valence-electron chi connectivity index (χ3n) is 17.5. The van der Waals surface area contributed by atoms with Gasteiger partial charge in [-0.25, -0.2) is 15.0 Å². The Bertz CT molecular complexity index is 4650. The molecule has 3 heterocycles. The fourth-order valence-corrected chi connectivity index (χ4v) is 13.2. The number of fused-ring (bicyclic) bond motifs is 3. The number of aryl methyl sites for hydroxylation is 6. The first-order valence-corrected chi connectivity index (χ1v) is 30.2. The van der Waals surface area contributed by atoms with Crippen LogP contribution >= 0.6 is 0 Å². The van der Waals surface area contributed by atoms with E-state index in [-0.39, 0.29) is 0 Å². The Labute approximate surface area is 513 Å². The number of anilines is 3. The van der Waals surface area contributed by atoms with Crippen LogP contribution in [-0.2, 0) is 0 Å². The molecule has 0 radical (unpaired) electrons. The highest BCUT2D eigenvalue weighted by molar-refractivity contribution is 5.90. The number of benzene rings is 12. The quantitative estimate of drug-likeness (QED) is 0.122. The molecule has 0 unspecified atom stereocenters. The summed E-state index contributed by atoms with van der Waals surface area (Å²) in [5.41, 5.74) is 30.1. The van der Waals surface area contributed by atoms with Crippen LogP contribution in [-0.4, -0.2) is 28.7 Å². The molecule has 7 heteroatoms. The van der Waals surface area contributed by atoms with Crippen molar-refractivity contribution in [2.24, 2.45) is 0 Å². The lowest BCUT2D eigenvalue weighted by molar-refractivity contribution is 1.10. The van der Waals surface area contributed by atoms with Crippen molar-refractivity contribution in [3.8, 4) is 84.6 Å². The number of para-hydroxylation sites is 9. The Hall–Kier alpha value is -11.2. The molecule has 7 nitrogen and oxygen atoms in total. The summed E-state index contributed by atoms with van der Waals surface area (Å²) in [7, 11) is 0. The normalized spacial score (nSPS) is 11.5. The van der Waals surface area contributed by atoms with Gasteiger partial charge in [0.25, 0.3) is 0 Å². The van der Waals surface area contributed by atoms with E-state index in [0.717, 1.165) is 101 Å². The topological polar surface area (TPSA) is 56.7 Å². The van der Waals surface area contributed by atoms with Crippen LogP contribution in [0.4, 0.5) is 17.1 Å². The summed E-state index contributed by atoms with van der Waals surface area (Å²) < 4.78 is 6.81. The van der Waals surface area contributed by atoms with Crippen LogP contribution in [0.2, 0.25) is 0 Å². The highest BCUT2D eigenvalue weighted by Crippen LogP contribution is 2.44. The molecule has 0 aliphatic heterocycles. The van der Waals surface area contributed by atoms with Gasteiger partial charge in [0.1, 0.15) is 17.5 Å². The molecular formula is C81H63N7. The molecule has 0 amide bonds. The van der Waals surface area contributed by atoms with Gasteiger partial charge in [-0.2, -0.15) is 0 Å². The van der Waals surface area contributed by atoms with Crippen LogP contribution in [0.5, 0.6) is 0 Å². The van der Waals surface area contributed by atoms with Crippen molar-refractivity contribution in [2.75, 3.05) is 4.90 Å². The first kappa shape index (κ1) is 53.6. The molecular weight excluding hydrogens is 1070 g/mol. The molecule has 15 rings (SSSR count). The van der Waals surface area contributed by atoms with Crippen molar-refractivity contribution in [3.05, 3.63) is 306 Å². The van der Waals surface area contributed by atoms with E-state index in [4.69, 9.17) is 15.0 Å². The molecule has 0 saturated carbocycles. The molecule has 0 fully saturated rings. The van der Waals surface area contributed by atoms with Gasteiger partial charge in [-0.15, -0.1) is 0 Å². The molecule has 0 saturated heterocycles. The summed E-state index contributed by atoms with van der Waals surface area (Å²) in [5, 5.41) is 0.